The van der Waals surface area contributed by atoms with Crippen LogP contribution in [0.3, 0.4) is 0 Å². The molecule has 0 aliphatic carbocycles. The Kier molecular flexibility index (Phi) is 3.70. The van der Waals surface area contributed by atoms with E-state index in [1.54, 1.807) is 28.2 Å². The van der Waals surface area contributed by atoms with E-state index in [-0.39, 0.29) is 5.91 Å². The first kappa shape index (κ1) is 14.8. The van der Waals surface area contributed by atoms with Gasteiger partial charge in [0.25, 0.3) is 0 Å². The van der Waals surface area contributed by atoms with Crippen molar-refractivity contribution in [3.8, 4) is 0 Å². The number of amides is 1. The second-order valence-corrected chi connectivity index (χ2v) is 6.67. The monoisotopic (exact) mass is 337 g/mol. The lowest BCUT2D eigenvalue weighted by Gasteiger charge is -2.04. The number of rotatable bonds is 4. The molecule has 3 aromatic heterocycles. The lowest BCUT2D eigenvalue weighted by Crippen LogP contribution is -2.13. The summed E-state index contributed by atoms with van der Waals surface area (Å²) in [6.07, 6.45) is 4.43. The maximum atomic E-state index is 12.2. The van der Waals surface area contributed by atoms with Crippen molar-refractivity contribution < 1.29 is 4.79 Å². The summed E-state index contributed by atoms with van der Waals surface area (Å²) in [5, 5.41) is 8.13. The fourth-order valence-electron chi connectivity index (χ4n) is 2.53. The molecule has 1 N–H and O–H groups in total. The molecule has 0 atom stereocenters. The number of carbonyl (C=O) groups excluding carboxylic acids is 1. The summed E-state index contributed by atoms with van der Waals surface area (Å²) in [7, 11) is 0. The highest BCUT2D eigenvalue weighted by molar-refractivity contribution is 7.18. The number of nitrogens with one attached hydrogen (secondary N) is 1. The second kappa shape index (κ2) is 6.01. The Morgan fingerprint density at radius 3 is 3.08 bits per heavy atom. The molecule has 0 bridgehead atoms. The number of carbonyl (C=O) groups is 1. The van der Waals surface area contributed by atoms with E-state index in [0.29, 0.717) is 18.5 Å². The minimum atomic E-state index is -0.0562. The Hall–Kier alpha value is -2.80. The lowest BCUT2D eigenvalue weighted by molar-refractivity contribution is -0.116. The molecule has 3 heterocycles. The van der Waals surface area contributed by atoms with Gasteiger partial charge in [-0.3, -0.25) is 4.79 Å². The van der Waals surface area contributed by atoms with Crippen molar-refractivity contribution in [3.05, 3.63) is 53.4 Å². The van der Waals surface area contributed by atoms with Crippen LogP contribution in [0.2, 0.25) is 0 Å². The predicted molar refractivity (Wildman–Crippen MR) is 94.3 cm³/mol. The van der Waals surface area contributed by atoms with E-state index in [4.69, 9.17) is 0 Å². The molecule has 24 heavy (non-hydrogen) atoms. The highest BCUT2D eigenvalue weighted by atomic mass is 32.1. The SMILES string of the molecule is Cc1cc2ncc(NC(=O)CCc3nc4ccccc4s3)cn2n1. The van der Waals surface area contributed by atoms with Crippen molar-refractivity contribution >= 4 is 38.8 Å². The Morgan fingerprint density at radius 2 is 2.21 bits per heavy atom. The van der Waals surface area contributed by atoms with Crippen LogP contribution in [0, 0.1) is 6.92 Å². The predicted octanol–water partition coefficient (Wildman–Crippen LogP) is 3.22. The van der Waals surface area contributed by atoms with Gasteiger partial charge in [-0.05, 0) is 19.1 Å². The second-order valence-electron chi connectivity index (χ2n) is 5.55. The van der Waals surface area contributed by atoms with E-state index in [9.17, 15) is 4.79 Å². The maximum absolute atomic E-state index is 12.2. The summed E-state index contributed by atoms with van der Waals surface area (Å²) in [6, 6.07) is 9.89. The van der Waals surface area contributed by atoms with Crippen LogP contribution in [0.5, 0.6) is 0 Å². The van der Waals surface area contributed by atoms with Crippen LogP contribution in [0.1, 0.15) is 17.1 Å². The number of nitrogens with zero attached hydrogens (tertiary/aromatic N) is 4. The van der Waals surface area contributed by atoms with Crippen molar-refractivity contribution in [1.82, 2.24) is 19.6 Å². The van der Waals surface area contributed by atoms with Gasteiger partial charge in [0.2, 0.25) is 5.91 Å². The van der Waals surface area contributed by atoms with Crippen molar-refractivity contribution in [2.45, 2.75) is 19.8 Å². The third-order valence-corrected chi connectivity index (χ3v) is 4.72. The van der Waals surface area contributed by atoms with Crippen molar-refractivity contribution in [1.29, 1.82) is 0 Å². The summed E-state index contributed by atoms with van der Waals surface area (Å²) in [5.41, 5.74) is 3.28. The van der Waals surface area contributed by atoms with Crippen LogP contribution >= 0.6 is 11.3 Å². The van der Waals surface area contributed by atoms with Gasteiger partial charge in [-0.15, -0.1) is 11.3 Å². The fourth-order valence-corrected chi connectivity index (χ4v) is 3.50. The molecule has 120 valence electrons. The van der Waals surface area contributed by atoms with Gasteiger partial charge in [0.15, 0.2) is 5.65 Å². The first-order valence-corrected chi connectivity index (χ1v) is 8.45. The van der Waals surface area contributed by atoms with Gasteiger partial charge < -0.3 is 5.32 Å². The van der Waals surface area contributed by atoms with E-state index in [0.717, 1.165) is 26.6 Å². The number of hydrogen-bond acceptors (Lipinski definition) is 5. The van der Waals surface area contributed by atoms with Gasteiger partial charge in [-0.25, -0.2) is 14.5 Å². The minimum Gasteiger partial charge on any atom is -0.323 e. The van der Waals surface area contributed by atoms with Crippen LogP contribution in [-0.4, -0.2) is 25.5 Å². The van der Waals surface area contributed by atoms with Gasteiger partial charge in [-0.1, -0.05) is 12.1 Å². The number of anilines is 1. The number of thiazole rings is 1. The number of hydrogen-bond donors (Lipinski definition) is 1. The fraction of sp³-hybridized carbons (Fsp3) is 0.176. The molecule has 0 radical (unpaired) electrons. The average molecular weight is 337 g/mol. The van der Waals surface area contributed by atoms with Gasteiger partial charge >= 0.3 is 0 Å². The molecule has 0 saturated heterocycles. The van der Waals surface area contributed by atoms with Gasteiger partial charge in [0.05, 0.1) is 39.0 Å². The van der Waals surface area contributed by atoms with Crippen LogP contribution in [0.15, 0.2) is 42.7 Å². The topological polar surface area (TPSA) is 72.2 Å². The zero-order chi connectivity index (χ0) is 16.5. The zero-order valence-electron chi connectivity index (χ0n) is 13.1. The van der Waals surface area contributed by atoms with Gasteiger partial charge in [-0.2, -0.15) is 5.10 Å². The van der Waals surface area contributed by atoms with E-state index < -0.39 is 0 Å². The largest absolute Gasteiger partial charge is 0.323 e. The van der Waals surface area contributed by atoms with Gasteiger partial charge in [0.1, 0.15) is 0 Å². The molecule has 0 saturated carbocycles. The van der Waals surface area contributed by atoms with Crippen LogP contribution in [0.4, 0.5) is 5.69 Å². The first-order chi connectivity index (χ1) is 11.7. The van der Waals surface area contributed by atoms with Crippen molar-refractivity contribution in [2.75, 3.05) is 5.32 Å². The average Bonchev–Trinajstić information content (AvgIpc) is 3.14. The highest BCUT2D eigenvalue weighted by Crippen LogP contribution is 2.22. The van der Waals surface area contributed by atoms with E-state index in [1.165, 1.54) is 0 Å². The van der Waals surface area contributed by atoms with E-state index >= 15 is 0 Å². The molecule has 0 spiro atoms. The molecule has 1 amide bonds. The molecule has 4 aromatic rings. The van der Waals surface area contributed by atoms with E-state index in [2.05, 4.69) is 20.4 Å². The molecule has 7 heteroatoms. The Balaban J connectivity index is 1.41. The minimum absolute atomic E-state index is 0.0562. The Labute approximate surface area is 142 Å². The van der Waals surface area contributed by atoms with Crippen LogP contribution < -0.4 is 5.32 Å². The smallest absolute Gasteiger partial charge is 0.224 e. The Bertz CT molecular complexity index is 1000. The zero-order valence-corrected chi connectivity index (χ0v) is 13.9. The molecule has 4 rings (SSSR count). The molecular formula is C17H15N5OS. The third kappa shape index (κ3) is 2.98. The van der Waals surface area contributed by atoms with Crippen LogP contribution in [0.25, 0.3) is 15.9 Å². The summed E-state index contributed by atoms with van der Waals surface area (Å²) in [5.74, 6) is -0.0562. The number of aryl methyl sites for hydroxylation is 2. The number of fused-ring (bicyclic) bond motifs is 2. The summed E-state index contributed by atoms with van der Waals surface area (Å²) < 4.78 is 2.81. The van der Waals surface area contributed by atoms with Crippen molar-refractivity contribution in [3.63, 3.8) is 0 Å². The molecule has 0 unspecified atom stereocenters. The van der Waals surface area contributed by atoms with Crippen molar-refractivity contribution in [2.24, 2.45) is 0 Å². The van der Waals surface area contributed by atoms with Gasteiger partial charge in [0, 0.05) is 18.9 Å². The van der Waals surface area contributed by atoms with Crippen LogP contribution in [-0.2, 0) is 11.2 Å². The molecular weight excluding hydrogens is 322 g/mol. The maximum Gasteiger partial charge on any atom is 0.224 e. The number of para-hydroxylation sites is 1. The molecule has 1 aromatic carbocycles. The Morgan fingerprint density at radius 1 is 1.33 bits per heavy atom. The molecule has 0 aliphatic rings. The standard InChI is InChI=1S/C17H15N5OS/c1-11-8-15-18-9-12(10-22(15)21-11)19-16(23)6-7-17-20-13-4-2-3-5-14(13)24-17/h2-5,8-10H,6-7H2,1H3,(H,19,23). The summed E-state index contributed by atoms with van der Waals surface area (Å²) in [6.45, 7) is 1.91. The molecule has 0 fully saturated rings. The summed E-state index contributed by atoms with van der Waals surface area (Å²) in [4.78, 5) is 21.0. The summed E-state index contributed by atoms with van der Waals surface area (Å²) >= 11 is 1.63. The number of benzene rings is 1. The first-order valence-electron chi connectivity index (χ1n) is 7.64. The third-order valence-electron chi connectivity index (χ3n) is 3.62. The quantitative estimate of drug-likeness (QED) is 0.620. The molecule has 6 nitrogen and oxygen atoms in total. The lowest BCUT2D eigenvalue weighted by atomic mass is 10.3. The van der Waals surface area contributed by atoms with E-state index in [1.807, 2.05) is 37.3 Å². The normalized spacial score (nSPS) is 11.2. The molecule has 0 aliphatic heterocycles. The number of aromatic nitrogens is 4. The highest BCUT2D eigenvalue weighted by Gasteiger charge is 2.08.